The van der Waals surface area contributed by atoms with Crippen molar-refractivity contribution in [2.24, 2.45) is 0 Å². The third kappa shape index (κ3) is 4.00. The van der Waals surface area contributed by atoms with E-state index >= 15 is 0 Å². The van der Waals surface area contributed by atoms with Gasteiger partial charge in [0.05, 0.1) is 16.1 Å². The number of halogens is 2. The molecular formula is C15H17Cl2N3O2. The molecule has 7 heteroatoms. The third-order valence-corrected chi connectivity index (χ3v) is 4.23. The van der Waals surface area contributed by atoms with E-state index in [0.717, 1.165) is 5.56 Å². The number of amides is 1. The van der Waals surface area contributed by atoms with Crippen molar-refractivity contribution in [1.29, 1.82) is 0 Å². The summed E-state index contributed by atoms with van der Waals surface area (Å²) in [5.74, 6) is 0.875. The number of nitrogens with one attached hydrogen (secondary N) is 1. The Morgan fingerprint density at radius 1 is 1.45 bits per heavy atom. The summed E-state index contributed by atoms with van der Waals surface area (Å²) in [6.07, 6.45) is 0. The molecular weight excluding hydrogens is 325 g/mol. The zero-order valence-corrected chi connectivity index (χ0v) is 14.1. The molecule has 1 amide bonds. The Hall–Kier alpha value is -1.56. The molecule has 1 aromatic heterocycles. The van der Waals surface area contributed by atoms with Crippen LogP contribution in [0.25, 0.3) is 0 Å². The number of likely N-dealkylation sites (N-methyl/N-ethyl adjacent to an activating group) is 1. The first-order valence-corrected chi connectivity index (χ1v) is 7.51. The Kier molecular flexibility index (Phi) is 5.45. The summed E-state index contributed by atoms with van der Waals surface area (Å²) in [6, 6.07) is 6.75. The van der Waals surface area contributed by atoms with Crippen LogP contribution in [-0.2, 0) is 11.3 Å². The van der Waals surface area contributed by atoms with E-state index in [1.165, 1.54) is 0 Å². The summed E-state index contributed by atoms with van der Waals surface area (Å²) < 4.78 is 4.92. The smallest absolute Gasteiger partial charge is 0.242 e. The number of aromatic nitrogens is 1. The average molecular weight is 342 g/mol. The van der Waals surface area contributed by atoms with E-state index in [1.807, 2.05) is 24.1 Å². The predicted octanol–water partition coefficient (Wildman–Crippen LogP) is 3.75. The molecule has 0 aliphatic carbocycles. The van der Waals surface area contributed by atoms with Crippen molar-refractivity contribution in [3.63, 3.8) is 0 Å². The predicted molar refractivity (Wildman–Crippen MR) is 87.3 cm³/mol. The van der Waals surface area contributed by atoms with E-state index in [-0.39, 0.29) is 11.9 Å². The minimum Gasteiger partial charge on any atom is -0.360 e. The zero-order chi connectivity index (χ0) is 16.3. The second-order valence-corrected chi connectivity index (χ2v) is 5.90. The monoisotopic (exact) mass is 341 g/mol. The summed E-state index contributed by atoms with van der Waals surface area (Å²) in [4.78, 5) is 14.1. The molecule has 0 spiro atoms. The normalized spacial score (nSPS) is 12.5. The molecule has 0 fully saturated rings. The molecule has 0 saturated carbocycles. The molecule has 0 aliphatic heterocycles. The second kappa shape index (κ2) is 7.13. The Balaban J connectivity index is 2.00. The summed E-state index contributed by atoms with van der Waals surface area (Å²) in [7, 11) is 1.84. The van der Waals surface area contributed by atoms with Gasteiger partial charge in [-0.2, -0.15) is 0 Å². The first-order chi connectivity index (χ1) is 10.4. The fraction of sp³-hybridized carbons (Fsp3) is 0.333. The van der Waals surface area contributed by atoms with Crippen LogP contribution in [0.4, 0.5) is 5.82 Å². The van der Waals surface area contributed by atoms with E-state index < -0.39 is 0 Å². The van der Waals surface area contributed by atoms with Gasteiger partial charge in [-0.3, -0.25) is 9.69 Å². The van der Waals surface area contributed by atoms with E-state index in [1.54, 1.807) is 26.0 Å². The van der Waals surface area contributed by atoms with Gasteiger partial charge in [-0.1, -0.05) is 40.5 Å². The van der Waals surface area contributed by atoms with Crippen LogP contribution in [0.15, 0.2) is 28.8 Å². The molecule has 118 valence electrons. The van der Waals surface area contributed by atoms with Crippen LogP contribution in [0.1, 0.15) is 18.2 Å². The van der Waals surface area contributed by atoms with E-state index in [4.69, 9.17) is 27.7 Å². The molecule has 1 N–H and O–H groups in total. The minimum absolute atomic E-state index is 0.172. The number of anilines is 1. The molecule has 2 aromatic rings. The summed E-state index contributed by atoms with van der Waals surface area (Å²) in [5, 5.41) is 7.47. The van der Waals surface area contributed by atoms with Crippen molar-refractivity contribution in [3.05, 3.63) is 45.6 Å². The van der Waals surface area contributed by atoms with E-state index in [9.17, 15) is 4.79 Å². The van der Waals surface area contributed by atoms with Crippen LogP contribution in [0, 0.1) is 6.92 Å². The molecule has 22 heavy (non-hydrogen) atoms. The molecule has 2 rings (SSSR count). The highest BCUT2D eigenvalue weighted by atomic mass is 35.5. The van der Waals surface area contributed by atoms with Crippen LogP contribution >= 0.6 is 23.2 Å². The van der Waals surface area contributed by atoms with Crippen molar-refractivity contribution < 1.29 is 9.32 Å². The van der Waals surface area contributed by atoms with Crippen molar-refractivity contribution >= 4 is 34.9 Å². The number of aryl methyl sites for hydroxylation is 1. The lowest BCUT2D eigenvalue weighted by Crippen LogP contribution is -2.39. The molecule has 0 radical (unpaired) electrons. The summed E-state index contributed by atoms with van der Waals surface area (Å²) >= 11 is 12.2. The van der Waals surface area contributed by atoms with Crippen LogP contribution in [0.5, 0.6) is 0 Å². The first-order valence-electron chi connectivity index (χ1n) is 6.75. The Bertz CT molecular complexity index is 673. The molecule has 1 unspecified atom stereocenters. The molecule has 0 aliphatic rings. The zero-order valence-electron chi connectivity index (χ0n) is 12.6. The molecule has 1 atom stereocenters. The van der Waals surface area contributed by atoms with Gasteiger partial charge < -0.3 is 9.84 Å². The van der Waals surface area contributed by atoms with Crippen molar-refractivity contribution in [1.82, 2.24) is 10.1 Å². The fourth-order valence-electron chi connectivity index (χ4n) is 1.93. The topological polar surface area (TPSA) is 58.4 Å². The summed E-state index contributed by atoms with van der Waals surface area (Å²) in [6.45, 7) is 4.08. The number of carbonyl (C=O) groups excluding carboxylic acids is 1. The molecule has 0 saturated heterocycles. The SMILES string of the molecule is Cc1cc(NC(=O)C(C)N(C)Cc2cccc(Cl)c2Cl)no1. The largest absolute Gasteiger partial charge is 0.360 e. The second-order valence-electron chi connectivity index (χ2n) is 5.12. The lowest BCUT2D eigenvalue weighted by Gasteiger charge is -2.24. The Labute approximate surface area is 139 Å². The summed E-state index contributed by atoms with van der Waals surface area (Å²) in [5.41, 5.74) is 0.869. The standard InChI is InChI=1S/C15H17Cl2N3O2/c1-9-7-13(19-22-9)18-15(21)10(2)20(3)8-11-5-4-6-12(16)14(11)17/h4-7,10H,8H2,1-3H3,(H,18,19,21). The van der Waals surface area contributed by atoms with E-state index in [2.05, 4.69) is 10.5 Å². The van der Waals surface area contributed by atoms with Crippen LogP contribution < -0.4 is 5.32 Å². The highest BCUT2D eigenvalue weighted by Crippen LogP contribution is 2.26. The van der Waals surface area contributed by atoms with Crippen molar-refractivity contribution in [2.45, 2.75) is 26.4 Å². The lowest BCUT2D eigenvalue weighted by atomic mass is 10.2. The number of rotatable bonds is 5. The Morgan fingerprint density at radius 2 is 2.18 bits per heavy atom. The highest BCUT2D eigenvalue weighted by Gasteiger charge is 2.20. The molecule has 1 heterocycles. The molecule has 0 bridgehead atoms. The highest BCUT2D eigenvalue weighted by molar-refractivity contribution is 6.42. The van der Waals surface area contributed by atoms with Gasteiger partial charge in [0.15, 0.2) is 5.82 Å². The van der Waals surface area contributed by atoms with Gasteiger partial charge in [0.1, 0.15) is 5.76 Å². The maximum absolute atomic E-state index is 12.2. The van der Waals surface area contributed by atoms with Crippen LogP contribution in [0.2, 0.25) is 10.0 Å². The van der Waals surface area contributed by atoms with Gasteiger partial charge in [-0.15, -0.1) is 0 Å². The van der Waals surface area contributed by atoms with Gasteiger partial charge in [0.25, 0.3) is 0 Å². The fourth-order valence-corrected chi connectivity index (χ4v) is 2.31. The number of hydrogen-bond acceptors (Lipinski definition) is 4. The van der Waals surface area contributed by atoms with Gasteiger partial charge in [0.2, 0.25) is 5.91 Å². The van der Waals surface area contributed by atoms with E-state index in [0.29, 0.717) is 28.2 Å². The number of nitrogens with zero attached hydrogens (tertiary/aromatic N) is 2. The van der Waals surface area contributed by atoms with Crippen molar-refractivity contribution in [2.75, 3.05) is 12.4 Å². The number of benzene rings is 1. The van der Waals surface area contributed by atoms with Gasteiger partial charge in [-0.05, 0) is 32.5 Å². The lowest BCUT2D eigenvalue weighted by molar-refractivity contribution is -0.120. The molecule has 5 nitrogen and oxygen atoms in total. The van der Waals surface area contributed by atoms with Gasteiger partial charge in [0, 0.05) is 12.6 Å². The quantitative estimate of drug-likeness (QED) is 0.899. The first kappa shape index (κ1) is 16.8. The Morgan fingerprint density at radius 3 is 2.82 bits per heavy atom. The van der Waals surface area contributed by atoms with Crippen molar-refractivity contribution in [3.8, 4) is 0 Å². The maximum atomic E-state index is 12.2. The molecule has 1 aromatic carbocycles. The van der Waals surface area contributed by atoms with Gasteiger partial charge >= 0.3 is 0 Å². The maximum Gasteiger partial charge on any atom is 0.242 e. The number of hydrogen-bond donors (Lipinski definition) is 1. The third-order valence-electron chi connectivity index (χ3n) is 3.37. The van der Waals surface area contributed by atoms with Crippen LogP contribution in [-0.4, -0.2) is 29.1 Å². The minimum atomic E-state index is -0.368. The average Bonchev–Trinajstić information content (AvgIpc) is 2.88. The van der Waals surface area contributed by atoms with Crippen LogP contribution in [0.3, 0.4) is 0 Å². The van der Waals surface area contributed by atoms with Gasteiger partial charge in [-0.25, -0.2) is 0 Å². The number of carbonyl (C=O) groups is 1.